The van der Waals surface area contributed by atoms with Gasteiger partial charge in [-0.3, -0.25) is 0 Å². The van der Waals surface area contributed by atoms with Gasteiger partial charge in [0.1, 0.15) is 29.8 Å². The Kier molecular flexibility index (Phi) is 4.85. The van der Waals surface area contributed by atoms with E-state index in [2.05, 4.69) is 19.8 Å². The van der Waals surface area contributed by atoms with Crippen LogP contribution >= 0.6 is 0 Å². The van der Waals surface area contributed by atoms with Gasteiger partial charge in [0.2, 0.25) is 0 Å². The van der Waals surface area contributed by atoms with Crippen LogP contribution in [0.1, 0.15) is 24.7 Å². The fourth-order valence-electron chi connectivity index (χ4n) is 3.61. The maximum absolute atomic E-state index is 9.44. The van der Waals surface area contributed by atoms with E-state index in [9.17, 15) is 5.11 Å². The predicted octanol–water partition coefficient (Wildman–Crippen LogP) is 1.86. The van der Waals surface area contributed by atoms with Gasteiger partial charge in [-0.1, -0.05) is 0 Å². The summed E-state index contributed by atoms with van der Waals surface area (Å²) in [6.45, 7) is 4.22. The topological polar surface area (TPSA) is 74.9 Å². The summed E-state index contributed by atoms with van der Waals surface area (Å²) in [6, 6.07) is 5.88. The van der Waals surface area contributed by atoms with Crippen LogP contribution < -0.4 is 9.80 Å². The molecule has 2 aliphatic heterocycles. The number of aliphatic hydroxyl groups excluding tert-OH is 1. The molecule has 134 valence electrons. The number of ether oxygens (including phenoxy) is 1. The summed E-state index contributed by atoms with van der Waals surface area (Å²) in [5.74, 6) is 3.03. The summed E-state index contributed by atoms with van der Waals surface area (Å²) in [7, 11) is 0. The number of furan rings is 1. The zero-order valence-corrected chi connectivity index (χ0v) is 14.3. The lowest BCUT2D eigenvalue weighted by Crippen LogP contribution is -2.39. The molecule has 4 rings (SSSR count). The Balaban J connectivity index is 1.49. The largest absolute Gasteiger partial charge is 0.467 e. The van der Waals surface area contributed by atoms with E-state index in [1.807, 2.05) is 18.2 Å². The molecule has 7 heteroatoms. The standard InChI is InChI=1S/C18H24N4O3/c23-12-14-3-1-5-21(10-14)17-9-18(20-13-19-17)22-6-8-25-16(11-22)15-4-2-7-24-15/h2,4,7,9,13-14,16,23H,1,3,5-6,8,10-12H2. The van der Waals surface area contributed by atoms with Crippen molar-refractivity contribution in [2.45, 2.75) is 18.9 Å². The fourth-order valence-corrected chi connectivity index (χ4v) is 3.61. The molecule has 2 aromatic rings. The monoisotopic (exact) mass is 344 g/mol. The van der Waals surface area contributed by atoms with Crippen LogP contribution in [0.15, 0.2) is 35.2 Å². The summed E-state index contributed by atoms with van der Waals surface area (Å²) >= 11 is 0. The van der Waals surface area contributed by atoms with Crippen molar-refractivity contribution in [3.8, 4) is 0 Å². The van der Waals surface area contributed by atoms with Crippen LogP contribution in [0.3, 0.4) is 0 Å². The number of piperidine rings is 1. The van der Waals surface area contributed by atoms with E-state index < -0.39 is 0 Å². The van der Waals surface area contributed by atoms with E-state index in [1.165, 1.54) is 0 Å². The van der Waals surface area contributed by atoms with Crippen molar-refractivity contribution in [3.63, 3.8) is 0 Å². The van der Waals surface area contributed by atoms with E-state index in [-0.39, 0.29) is 12.7 Å². The van der Waals surface area contributed by atoms with E-state index in [4.69, 9.17) is 9.15 Å². The van der Waals surface area contributed by atoms with Crippen LogP contribution in [-0.4, -0.2) is 54.5 Å². The van der Waals surface area contributed by atoms with Crippen molar-refractivity contribution in [2.75, 3.05) is 49.2 Å². The van der Waals surface area contributed by atoms with Crippen molar-refractivity contribution in [1.29, 1.82) is 0 Å². The maximum atomic E-state index is 9.44. The number of anilines is 2. The van der Waals surface area contributed by atoms with Gasteiger partial charge in [0.25, 0.3) is 0 Å². The average molecular weight is 344 g/mol. The molecule has 25 heavy (non-hydrogen) atoms. The zero-order valence-electron chi connectivity index (χ0n) is 14.3. The minimum Gasteiger partial charge on any atom is -0.467 e. The van der Waals surface area contributed by atoms with Crippen molar-refractivity contribution in [3.05, 3.63) is 36.5 Å². The average Bonchev–Trinajstić information content (AvgIpc) is 3.23. The number of aliphatic hydroxyl groups is 1. The van der Waals surface area contributed by atoms with Crippen LogP contribution in [0.25, 0.3) is 0 Å². The molecule has 0 bridgehead atoms. The zero-order chi connectivity index (χ0) is 17.1. The van der Waals surface area contributed by atoms with Gasteiger partial charge in [0.05, 0.1) is 19.4 Å². The van der Waals surface area contributed by atoms with Crippen LogP contribution in [-0.2, 0) is 4.74 Å². The first-order valence-corrected chi connectivity index (χ1v) is 8.91. The van der Waals surface area contributed by atoms with E-state index in [1.54, 1.807) is 12.6 Å². The van der Waals surface area contributed by atoms with Gasteiger partial charge in [-0.25, -0.2) is 9.97 Å². The first-order valence-electron chi connectivity index (χ1n) is 8.91. The molecule has 2 aromatic heterocycles. The summed E-state index contributed by atoms with van der Waals surface area (Å²) < 4.78 is 11.3. The van der Waals surface area contributed by atoms with E-state index >= 15 is 0 Å². The van der Waals surface area contributed by atoms with Gasteiger partial charge in [-0.05, 0) is 30.9 Å². The quantitative estimate of drug-likeness (QED) is 0.907. The Hall–Kier alpha value is -2.12. The highest BCUT2D eigenvalue weighted by Crippen LogP contribution is 2.28. The number of aromatic nitrogens is 2. The molecule has 0 aliphatic carbocycles. The first-order chi connectivity index (χ1) is 12.3. The lowest BCUT2D eigenvalue weighted by atomic mass is 9.99. The normalized spacial score (nSPS) is 24.5. The van der Waals surface area contributed by atoms with Crippen LogP contribution in [0, 0.1) is 5.92 Å². The highest BCUT2D eigenvalue weighted by molar-refractivity contribution is 5.50. The van der Waals surface area contributed by atoms with Crippen LogP contribution in [0.4, 0.5) is 11.6 Å². The molecule has 2 unspecified atom stereocenters. The Morgan fingerprint density at radius 3 is 2.76 bits per heavy atom. The van der Waals surface area contributed by atoms with Gasteiger partial charge in [-0.2, -0.15) is 0 Å². The van der Waals surface area contributed by atoms with E-state index in [0.29, 0.717) is 19.1 Å². The molecular formula is C18H24N4O3. The second-order valence-corrected chi connectivity index (χ2v) is 6.69. The highest BCUT2D eigenvalue weighted by atomic mass is 16.5. The number of rotatable bonds is 4. The summed E-state index contributed by atoms with van der Waals surface area (Å²) in [5, 5.41) is 9.44. The Morgan fingerprint density at radius 2 is 2.00 bits per heavy atom. The van der Waals surface area contributed by atoms with Crippen molar-refractivity contribution in [1.82, 2.24) is 9.97 Å². The van der Waals surface area contributed by atoms with Gasteiger partial charge in [-0.15, -0.1) is 0 Å². The highest BCUT2D eigenvalue weighted by Gasteiger charge is 2.26. The van der Waals surface area contributed by atoms with Gasteiger partial charge >= 0.3 is 0 Å². The molecule has 7 nitrogen and oxygen atoms in total. The third-order valence-electron chi connectivity index (χ3n) is 4.99. The van der Waals surface area contributed by atoms with Crippen LogP contribution in [0.5, 0.6) is 0 Å². The summed E-state index contributed by atoms with van der Waals surface area (Å²) in [4.78, 5) is 13.4. The third kappa shape index (κ3) is 3.62. The number of hydrogen-bond acceptors (Lipinski definition) is 7. The SMILES string of the molecule is OCC1CCCN(c2cc(N3CCOC(c4ccco4)C3)ncn2)C1. The summed E-state index contributed by atoms with van der Waals surface area (Å²) in [6.07, 6.45) is 5.40. The molecule has 2 saturated heterocycles. The third-order valence-corrected chi connectivity index (χ3v) is 4.99. The molecule has 0 amide bonds. The van der Waals surface area contributed by atoms with E-state index in [0.717, 1.165) is 49.9 Å². The molecule has 2 fully saturated rings. The molecule has 0 spiro atoms. The van der Waals surface area contributed by atoms with Crippen molar-refractivity contribution < 1.29 is 14.3 Å². The van der Waals surface area contributed by atoms with Crippen molar-refractivity contribution >= 4 is 11.6 Å². The second-order valence-electron chi connectivity index (χ2n) is 6.69. The first kappa shape index (κ1) is 16.4. The Labute approximate surface area is 147 Å². The Morgan fingerprint density at radius 1 is 1.16 bits per heavy atom. The molecule has 4 heterocycles. The lowest BCUT2D eigenvalue weighted by Gasteiger charge is -2.35. The molecule has 0 radical (unpaired) electrons. The number of nitrogens with zero attached hydrogens (tertiary/aromatic N) is 4. The van der Waals surface area contributed by atoms with Gasteiger partial charge in [0, 0.05) is 32.3 Å². The maximum Gasteiger partial charge on any atom is 0.134 e. The minimum atomic E-state index is -0.0732. The van der Waals surface area contributed by atoms with Gasteiger partial charge in [0.15, 0.2) is 0 Å². The van der Waals surface area contributed by atoms with Crippen molar-refractivity contribution in [2.24, 2.45) is 5.92 Å². The van der Waals surface area contributed by atoms with Crippen LogP contribution in [0.2, 0.25) is 0 Å². The van der Waals surface area contributed by atoms with Gasteiger partial charge < -0.3 is 24.1 Å². The summed E-state index contributed by atoms with van der Waals surface area (Å²) in [5.41, 5.74) is 0. The number of hydrogen-bond donors (Lipinski definition) is 1. The predicted molar refractivity (Wildman–Crippen MR) is 93.7 cm³/mol. The molecular weight excluding hydrogens is 320 g/mol. The molecule has 0 saturated carbocycles. The minimum absolute atomic E-state index is 0.0732. The number of morpholine rings is 1. The second kappa shape index (κ2) is 7.41. The smallest absolute Gasteiger partial charge is 0.134 e. The molecule has 2 atom stereocenters. The Bertz CT molecular complexity index is 679. The fraction of sp³-hybridized carbons (Fsp3) is 0.556. The lowest BCUT2D eigenvalue weighted by molar-refractivity contribution is 0.0255. The molecule has 1 N–H and O–H groups in total. The molecule has 0 aromatic carbocycles. The molecule has 2 aliphatic rings.